The van der Waals surface area contributed by atoms with Gasteiger partial charge in [-0.3, -0.25) is 9.59 Å². The smallest absolute Gasteiger partial charge is 0.410 e. The molecule has 3 amide bonds. The summed E-state index contributed by atoms with van der Waals surface area (Å²) in [6.07, 6.45) is 4.98. The van der Waals surface area contributed by atoms with Crippen LogP contribution in [-0.2, 0) is 14.3 Å². The normalized spacial score (nSPS) is 21.3. The Balaban J connectivity index is 1.85. The zero-order valence-electron chi connectivity index (χ0n) is 18.9. The summed E-state index contributed by atoms with van der Waals surface area (Å²) in [5.74, 6) is 0.855. The molecule has 0 unspecified atom stereocenters. The Kier molecular flexibility index (Phi) is 8.34. The van der Waals surface area contributed by atoms with Gasteiger partial charge in [0, 0.05) is 52.1 Å². The number of carbonyl (C=O) groups is 3. The SMILES string of the molecule is CCC[C@@H]1CN(C(=O)OC(C)(C)C)CCN1C(=O)CCC1CCN(C(C)=O)CC1. The maximum Gasteiger partial charge on any atom is 0.410 e. The van der Waals surface area contributed by atoms with E-state index >= 15 is 0 Å². The number of hydrogen-bond donors (Lipinski definition) is 0. The molecule has 0 radical (unpaired) electrons. The first-order valence-electron chi connectivity index (χ1n) is 11.1. The number of rotatable bonds is 5. The van der Waals surface area contributed by atoms with Crippen molar-refractivity contribution in [2.24, 2.45) is 5.92 Å². The Labute approximate surface area is 175 Å². The van der Waals surface area contributed by atoms with Crippen LogP contribution in [0, 0.1) is 5.92 Å². The number of piperazine rings is 1. The molecular formula is C22H39N3O4. The monoisotopic (exact) mass is 409 g/mol. The maximum absolute atomic E-state index is 12.9. The summed E-state index contributed by atoms with van der Waals surface area (Å²) in [6.45, 7) is 12.6. The van der Waals surface area contributed by atoms with Gasteiger partial charge in [0.25, 0.3) is 0 Å². The standard InChI is InChI=1S/C22H39N3O4/c1-6-7-19-16-24(21(28)29-22(3,4)5)14-15-25(19)20(27)9-8-18-10-12-23(13-11-18)17(2)26/h18-19H,6-16H2,1-5H3/t19-/m1/s1. The summed E-state index contributed by atoms with van der Waals surface area (Å²) in [6, 6.07) is 0.0633. The lowest BCUT2D eigenvalue weighted by Gasteiger charge is -2.42. The quantitative estimate of drug-likeness (QED) is 0.699. The molecule has 2 aliphatic rings. The van der Waals surface area contributed by atoms with Crippen molar-refractivity contribution in [1.82, 2.24) is 14.7 Å². The van der Waals surface area contributed by atoms with Crippen LogP contribution >= 0.6 is 0 Å². The molecule has 2 fully saturated rings. The van der Waals surface area contributed by atoms with Gasteiger partial charge in [0.05, 0.1) is 0 Å². The molecule has 7 heteroatoms. The summed E-state index contributed by atoms with van der Waals surface area (Å²) in [7, 11) is 0. The van der Waals surface area contributed by atoms with Crippen LogP contribution < -0.4 is 0 Å². The molecule has 2 saturated heterocycles. The molecule has 166 valence electrons. The molecule has 0 bridgehead atoms. The third-order valence-corrected chi connectivity index (χ3v) is 5.90. The third-order valence-electron chi connectivity index (χ3n) is 5.90. The molecule has 29 heavy (non-hydrogen) atoms. The first kappa shape index (κ1) is 23.5. The van der Waals surface area contributed by atoms with Crippen molar-refractivity contribution >= 4 is 17.9 Å². The lowest BCUT2D eigenvalue weighted by atomic mass is 9.91. The summed E-state index contributed by atoms with van der Waals surface area (Å²) in [5.41, 5.74) is -0.512. The molecule has 0 N–H and O–H groups in total. The van der Waals surface area contributed by atoms with Crippen molar-refractivity contribution in [2.75, 3.05) is 32.7 Å². The van der Waals surface area contributed by atoms with Gasteiger partial charge in [0.15, 0.2) is 0 Å². The average molecular weight is 410 g/mol. The van der Waals surface area contributed by atoms with Gasteiger partial charge in [-0.05, 0) is 52.4 Å². The van der Waals surface area contributed by atoms with E-state index in [0.29, 0.717) is 32.0 Å². The number of nitrogens with zero attached hydrogens (tertiary/aromatic N) is 3. The topological polar surface area (TPSA) is 70.2 Å². The van der Waals surface area contributed by atoms with Crippen LogP contribution in [0.15, 0.2) is 0 Å². The highest BCUT2D eigenvalue weighted by Gasteiger charge is 2.34. The zero-order chi connectivity index (χ0) is 21.6. The summed E-state index contributed by atoms with van der Waals surface area (Å²) >= 11 is 0. The molecule has 7 nitrogen and oxygen atoms in total. The summed E-state index contributed by atoms with van der Waals surface area (Å²) in [4.78, 5) is 42.4. The van der Waals surface area contributed by atoms with Crippen LogP contribution in [0.25, 0.3) is 0 Å². The highest BCUT2D eigenvalue weighted by molar-refractivity contribution is 5.77. The zero-order valence-corrected chi connectivity index (χ0v) is 18.9. The Morgan fingerprint density at radius 2 is 1.62 bits per heavy atom. The fourth-order valence-corrected chi connectivity index (χ4v) is 4.26. The molecule has 2 rings (SSSR count). The van der Waals surface area contributed by atoms with Gasteiger partial charge in [0.1, 0.15) is 5.60 Å². The molecule has 0 aromatic carbocycles. The van der Waals surface area contributed by atoms with Crippen LogP contribution in [0.3, 0.4) is 0 Å². The molecule has 0 spiro atoms. The largest absolute Gasteiger partial charge is 0.444 e. The Hall–Kier alpha value is -1.79. The maximum atomic E-state index is 12.9. The molecule has 0 saturated carbocycles. The summed E-state index contributed by atoms with van der Waals surface area (Å²) in [5, 5.41) is 0. The fraction of sp³-hybridized carbons (Fsp3) is 0.864. The number of ether oxygens (including phenoxy) is 1. The van der Waals surface area contributed by atoms with Crippen molar-refractivity contribution < 1.29 is 19.1 Å². The highest BCUT2D eigenvalue weighted by atomic mass is 16.6. The van der Waals surface area contributed by atoms with Crippen LogP contribution in [0.5, 0.6) is 0 Å². The van der Waals surface area contributed by atoms with E-state index in [2.05, 4.69) is 6.92 Å². The van der Waals surface area contributed by atoms with Gasteiger partial charge in [-0.1, -0.05) is 13.3 Å². The second-order valence-electron chi connectivity index (χ2n) is 9.44. The van der Waals surface area contributed by atoms with Crippen molar-refractivity contribution in [3.05, 3.63) is 0 Å². The minimum atomic E-state index is -0.512. The minimum absolute atomic E-state index is 0.0633. The second-order valence-corrected chi connectivity index (χ2v) is 9.44. The van der Waals surface area contributed by atoms with Crippen LogP contribution in [0.1, 0.15) is 73.1 Å². The summed E-state index contributed by atoms with van der Waals surface area (Å²) < 4.78 is 5.51. The van der Waals surface area contributed by atoms with Crippen molar-refractivity contribution in [3.63, 3.8) is 0 Å². The van der Waals surface area contributed by atoms with Crippen LogP contribution in [0.4, 0.5) is 4.79 Å². The van der Waals surface area contributed by atoms with Crippen molar-refractivity contribution in [3.8, 4) is 0 Å². The van der Waals surface area contributed by atoms with E-state index in [0.717, 1.165) is 45.2 Å². The second kappa shape index (κ2) is 10.3. The van der Waals surface area contributed by atoms with Crippen molar-refractivity contribution in [2.45, 2.75) is 84.8 Å². The van der Waals surface area contributed by atoms with Gasteiger partial charge < -0.3 is 19.4 Å². The van der Waals surface area contributed by atoms with E-state index in [4.69, 9.17) is 4.74 Å². The van der Waals surface area contributed by atoms with Gasteiger partial charge in [-0.15, -0.1) is 0 Å². The fourth-order valence-electron chi connectivity index (χ4n) is 4.26. The lowest BCUT2D eigenvalue weighted by molar-refractivity contribution is -0.137. The molecule has 2 aliphatic heterocycles. The molecule has 0 aliphatic carbocycles. The Morgan fingerprint density at radius 3 is 2.17 bits per heavy atom. The van der Waals surface area contributed by atoms with E-state index in [-0.39, 0.29) is 23.9 Å². The van der Waals surface area contributed by atoms with E-state index in [9.17, 15) is 14.4 Å². The number of carbonyl (C=O) groups excluding carboxylic acids is 3. The van der Waals surface area contributed by atoms with E-state index in [1.54, 1.807) is 11.8 Å². The highest BCUT2D eigenvalue weighted by Crippen LogP contribution is 2.24. The first-order chi connectivity index (χ1) is 13.6. The van der Waals surface area contributed by atoms with Gasteiger partial charge >= 0.3 is 6.09 Å². The Morgan fingerprint density at radius 1 is 0.966 bits per heavy atom. The molecular weight excluding hydrogens is 370 g/mol. The Bertz CT molecular complexity index is 579. The van der Waals surface area contributed by atoms with Gasteiger partial charge in [-0.25, -0.2) is 4.79 Å². The van der Waals surface area contributed by atoms with Crippen LogP contribution in [-0.4, -0.2) is 77.0 Å². The molecule has 1 atom stereocenters. The first-order valence-corrected chi connectivity index (χ1v) is 11.1. The van der Waals surface area contributed by atoms with E-state index < -0.39 is 5.60 Å². The third kappa shape index (κ3) is 7.19. The van der Waals surface area contributed by atoms with E-state index in [1.807, 2.05) is 30.6 Å². The van der Waals surface area contributed by atoms with Crippen LogP contribution in [0.2, 0.25) is 0 Å². The number of hydrogen-bond acceptors (Lipinski definition) is 4. The number of amides is 3. The molecule has 0 aromatic heterocycles. The minimum Gasteiger partial charge on any atom is -0.444 e. The van der Waals surface area contributed by atoms with Crippen molar-refractivity contribution in [1.29, 1.82) is 0 Å². The number of piperidine rings is 1. The number of likely N-dealkylation sites (tertiary alicyclic amines) is 1. The van der Waals surface area contributed by atoms with Gasteiger partial charge in [-0.2, -0.15) is 0 Å². The van der Waals surface area contributed by atoms with E-state index in [1.165, 1.54) is 0 Å². The molecule has 0 aromatic rings. The lowest BCUT2D eigenvalue weighted by Crippen LogP contribution is -2.57. The average Bonchev–Trinajstić information content (AvgIpc) is 2.65. The predicted molar refractivity (Wildman–Crippen MR) is 112 cm³/mol. The predicted octanol–water partition coefficient (Wildman–Crippen LogP) is 3.27. The molecule has 2 heterocycles. The van der Waals surface area contributed by atoms with Gasteiger partial charge in [0.2, 0.25) is 11.8 Å².